The molecular weight excluding hydrogens is 296 g/mol. The molecule has 1 fully saturated rings. The van der Waals surface area contributed by atoms with Crippen LogP contribution in [0.1, 0.15) is 18.4 Å². The molecular formula is C17H24N2O4. The monoisotopic (exact) mass is 320 g/mol. The van der Waals surface area contributed by atoms with Crippen molar-refractivity contribution >= 4 is 11.9 Å². The second-order valence-corrected chi connectivity index (χ2v) is 6.11. The number of amides is 1. The fourth-order valence-electron chi connectivity index (χ4n) is 3.11. The van der Waals surface area contributed by atoms with Crippen LogP contribution in [-0.4, -0.2) is 59.8 Å². The maximum atomic E-state index is 11.9. The fraction of sp³-hybridized carbons (Fsp3) is 0.529. The second kappa shape index (κ2) is 7.57. The van der Waals surface area contributed by atoms with Crippen LogP contribution < -0.4 is 5.32 Å². The highest BCUT2D eigenvalue weighted by Gasteiger charge is 2.48. The molecule has 0 aromatic heterocycles. The van der Waals surface area contributed by atoms with Gasteiger partial charge in [-0.1, -0.05) is 30.3 Å². The lowest BCUT2D eigenvalue weighted by Gasteiger charge is -2.42. The van der Waals surface area contributed by atoms with Gasteiger partial charge in [-0.25, -0.2) is 0 Å². The zero-order chi connectivity index (χ0) is 16.9. The summed E-state index contributed by atoms with van der Waals surface area (Å²) in [4.78, 5) is 25.1. The third-order valence-corrected chi connectivity index (χ3v) is 4.67. The van der Waals surface area contributed by atoms with Crippen molar-refractivity contribution in [2.24, 2.45) is 5.41 Å². The van der Waals surface area contributed by atoms with Gasteiger partial charge < -0.3 is 20.4 Å². The van der Waals surface area contributed by atoms with Gasteiger partial charge >= 0.3 is 5.97 Å². The topological polar surface area (TPSA) is 89.9 Å². The number of carboxylic acids is 1. The molecule has 1 heterocycles. The molecule has 1 aromatic rings. The number of aliphatic hydroxyl groups excluding tert-OH is 1. The molecule has 0 aliphatic carbocycles. The van der Waals surface area contributed by atoms with E-state index in [0.29, 0.717) is 32.4 Å². The molecule has 1 aliphatic heterocycles. The predicted octanol–water partition coefficient (Wildman–Crippen LogP) is 0.503. The molecule has 0 spiro atoms. The van der Waals surface area contributed by atoms with Crippen LogP contribution in [0.2, 0.25) is 0 Å². The molecule has 2 atom stereocenters. The number of aliphatic carboxylic acids is 1. The average Bonchev–Trinajstić information content (AvgIpc) is 2.55. The lowest BCUT2D eigenvalue weighted by atomic mass is 9.71. The maximum Gasteiger partial charge on any atom is 0.312 e. The van der Waals surface area contributed by atoms with E-state index < -0.39 is 17.5 Å². The van der Waals surface area contributed by atoms with Crippen molar-refractivity contribution in [2.75, 3.05) is 26.7 Å². The molecule has 126 valence electrons. The van der Waals surface area contributed by atoms with Gasteiger partial charge in [0.2, 0.25) is 5.91 Å². The van der Waals surface area contributed by atoms with Crippen LogP contribution >= 0.6 is 0 Å². The summed E-state index contributed by atoms with van der Waals surface area (Å²) in [7, 11) is 1.59. The fourth-order valence-corrected chi connectivity index (χ4v) is 3.11. The van der Waals surface area contributed by atoms with E-state index in [4.69, 9.17) is 0 Å². The Labute approximate surface area is 136 Å². The molecule has 1 aliphatic rings. The third kappa shape index (κ3) is 4.09. The molecule has 1 saturated heterocycles. The average molecular weight is 320 g/mol. The van der Waals surface area contributed by atoms with Crippen molar-refractivity contribution in [1.82, 2.24) is 10.2 Å². The van der Waals surface area contributed by atoms with Gasteiger partial charge in [0, 0.05) is 26.6 Å². The summed E-state index contributed by atoms with van der Waals surface area (Å²) in [6, 6.07) is 9.39. The summed E-state index contributed by atoms with van der Waals surface area (Å²) < 4.78 is 0. The van der Waals surface area contributed by atoms with Gasteiger partial charge in [0.15, 0.2) is 0 Å². The van der Waals surface area contributed by atoms with E-state index in [2.05, 4.69) is 5.32 Å². The van der Waals surface area contributed by atoms with Crippen molar-refractivity contribution in [3.05, 3.63) is 35.9 Å². The molecule has 0 unspecified atom stereocenters. The number of hydrogen-bond donors (Lipinski definition) is 3. The van der Waals surface area contributed by atoms with Crippen LogP contribution in [0.5, 0.6) is 0 Å². The van der Waals surface area contributed by atoms with Crippen LogP contribution in [0.3, 0.4) is 0 Å². The first-order valence-corrected chi connectivity index (χ1v) is 7.86. The second-order valence-electron chi connectivity index (χ2n) is 6.11. The van der Waals surface area contributed by atoms with Crippen LogP contribution in [-0.2, 0) is 16.0 Å². The first-order valence-electron chi connectivity index (χ1n) is 7.86. The Bertz CT molecular complexity index is 549. The van der Waals surface area contributed by atoms with Crippen LogP contribution in [0.25, 0.3) is 0 Å². The number of aliphatic hydroxyl groups is 1. The molecule has 6 heteroatoms. The van der Waals surface area contributed by atoms with Gasteiger partial charge in [-0.2, -0.15) is 0 Å². The van der Waals surface area contributed by atoms with Gasteiger partial charge in [0.1, 0.15) is 5.41 Å². The van der Waals surface area contributed by atoms with E-state index in [1.807, 2.05) is 35.2 Å². The normalized spacial score (nSPS) is 25.0. The number of likely N-dealkylation sites (tertiary alicyclic amines) is 1. The maximum absolute atomic E-state index is 11.9. The van der Waals surface area contributed by atoms with Gasteiger partial charge in [0.05, 0.1) is 6.10 Å². The van der Waals surface area contributed by atoms with Crippen molar-refractivity contribution in [2.45, 2.75) is 25.4 Å². The Morgan fingerprint density at radius 2 is 2.04 bits per heavy atom. The van der Waals surface area contributed by atoms with E-state index >= 15 is 0 Å². The lowest BCUT2D eigenvalue weighted by molar-refractivity contribution is -0.163. The number of carboxylic acid groups (broad SMARTS) is 1. The lowest BCUT2D eigenvalue weighted by Crippen LogP contribution is -2.56. The molecule has 1 aromatic carbocycles. The quantitative estimate of drug-likeness (QED) is 0.710. The summed E-state index contributed by atoms with van der Waals surface area (Å²) in [6.45, 7) is 1.36. The standard InChI is InChI=1S/C17H24N2O4/c1-18-15(21)7-9-19-10-8-17(16(22)23,14(20)12-19)11-13-5-3-2-4-6-13/h2-6,14,20H,7-12H2,1H3,(H,18,21)(H,22,23)/t14-,17+/m0/s1. The highest BCUT2D eigenvalue weighted by molar-refractivity contribution is 5.76. The van der Waals surface area contributed by atoms with Gasteiger partial charge in [0.25, 0.3) is 0 Å². The number of hydrogen-bond acceptors (Lipinski definition) is 4. The highest BCUT2D eigenvalue weighted by atomic mass is 16.4. The zero-order valence-electron chi connectivity index (χ0n) is 13.4. The largest absolute Gasteiger partial charge is 0.481 e. The number of benzene rings is 1. The number of piperidine rings is 1. The van der Waals surface area contributed by atoms with Gasteiger partial charge in [-0.05, 0) is 24.9 Å². The van der Waals surface area contributed by atoms with E-state index in [0.717, 1.165) is 5.56 Å². The van der Waals surface area contributed by atoms with E-state index in [1.54, 1.807) is 7.05 Å². The molecule has 6 nitrogen and oxygen atoms in total. The summed E-state index contributed by atoms with van der Waals surface area (Å²) in [5.74, 6) is -1.02. The zero-order valence-corrected chi connectivity index (χ0v) is 13.4. The molecule has 0 bridgehead atoms. The smallest absolute Gasteiger partial charge is 0.312 e. The minimum atomic E-state index is -1.16. The SMILES string of the molecule is CNC(=O)CCN1CC[C@](Cc2ccccc2)(C(=O)O)[C@@H](O)C1. The van der Waals surface area contributed by atoms with Gasteiger partial charge in [-0.15, -0.1) is 0 Å². The minimum absolute atomic E-state index is 0.0566. The summed E-state index contributed by atoms with van der Waals surface area (Å²) in [5.41, 5.74) is -0.252. The van der Waals surface area contributed by atoms with Crippen molar-refractivity contribution in [3.8, 4) is 0 Å². The Kier molecular flexibility index (Phi) is 5.74. The Hall–Kier alpha value is -1.92. The molecule has 0 radical (unpaired) electrons. The van der Waals surface area contributed by atoms with Crippen molar-refractivity contribution in [1.29, 1.82) is 0 Å². The highest BCUT2D eigenvalue weighted by Crippen LogP contribution is 2.36. The number of nitrogens with one attached hydrogen (secondary N) is 1. The number of β-amino-alcohol motifs (C(OH)–C–C–N with tert-alkyl or cyclic N) is 1. The van der Waals surface area contributed by atoms with E-state index in [9.17, 15) is 19.8 Å². The Morgan fingerprint density at radius 1 is 1.35 bits per heavy atom. The molecule has 0 saturated carbocycles. The Balaban J connectivity index is 2.05. The number of carbonyl (C=O) groups excluding carboxylic acids is 1. The summed E-state index contributed by atoms with van der Waals surface area (Å²) >= 11 is 0. The first-order chi connectivity index (χ1) is 11.0. The molecule has 1 amide bonds. The molecule has 23 heavy (non-hydrogen) atoms. The van der Waals surface area contributed by atoms with E-state index in [-0.39, 0.29) is 12.5 Å². The number of rotatable bonds is 6. The van der Waals surface area contributed by atoms with Crippen LogP contribution in [0.15, 0.2) is 30.3 Å². The van der Waals surface area contributed by atoms with Crippen molar-refractivity contribution in [3.63, 3.8) is 0 Å². The minimum Gasteiger partial charge on any atom is -0.481 e. The predicted molar refractivity (Wildman–Crippen MR) is 86.0 cm³/mol. The van der Waals surface area contributed by atoms with Crippen LogP contribution in [0.4, 0.5) is 0 Å². The molecule has 3 N–H and O–H groups in total. The first kappa shape index (κ1) is 17.4. The van der Waals surface area contributed by atoms with Gasteiger partial charge in [-0.3, -0.25) is 9.59 Å². The molecule has 2 rings (SSSR count). The summed E-state index contributed by atoms with van der Waals surface area (Å²) in [5, 5.41) is 22.8. The van der Waals surface area contributed by atoms with E-state index in [1.165, 1.54) is 0 Å². The van der Waals surface area contributed by atoms with Crippen LogP contribution in [0, 0.1) is 5.41 Å². The summed E-state index contributed by atoms with van der Waals surface area (Å²) in [6.07, 6.45) is 0.0699. The third-order valence-electron chi connectivity index (χ3n) is 4.67. The Morgan fingerprint density at radius 3 is 2.61 bits per heavy atom. The van der Waals surface area contributed by atoms with Crippen molar-refractivity contribution < 1.29 is 19.8 Å². The number of nitrogens with zero attached hydrogens (tertiary/aromatic N) is 1. The number of carbonyl (C=O) groups is 2.